The normalized spacial score (nSPS) is 17.6. The largest absolute Gasteiger partial charge is 0.490 e. The maximum absolute atomic E-state index is 11.9. The summed E-state index contributed by atoms with van der Waals surface area (Å²) in [4.78, 5) is 11.9. The van der Waals surface area contributed by atoms with Crippen molar-refractivity contribution in [3.8, 4) is 17.2 Å². The molecule has 1 fully saturated rings. The predicted octanol–water partition coefficient (Wildman–Crippen LogP) is 8.00. The fourth-order valence-corrected chi connectivity index (χ4v) is 4.41. The Labute approximate surface area is 222 Å². The number of halogens is 1. The van der Waals surface area contributed by atoms with E-state index in [2.05, 4.69) is 59.4 Å². The second-order valence-corrected chi connectivity index (χ2v) is 11.7. The van der Waals surface area contributed by atoms with Gasteiger partial charge in [0.1, 0.15) is 29.0 Å². The first-order chi connectivity index (χ1) is 17.0. The van der Waals surface area contributed by atoms with Crippen LogP contribution in [0.2, 0.25) is 0 Å². The molecule has 1 aliphatic carbocycles. The number of amides is 1. The number of carbonyl (C=O) groups is 1. The Kier molecular flexibility index (Phi) is 7.65. The zero-order valence-corrected chi connectivity index (χ0v) is 23.1. The zero-order chi connectivity index (χ0) is 25.9. The lowest BCUT2D eigenvalue weighted by Gasteiger charge is -2.36. The molecule has 0 aliphatic heterocycles. The Bertz CT molecular complexity index is 1160. The molecule has 0 bridgehead atoms. The van der Waals surface area contributed by atoms with E-state index in [9.17, 15) is 4.79 Å². The first kappa shape index (κ1) is 26.1. The van der Waals surface area contributed by atoms with Crippen molar-refractivity contribution >= 4 is 22.0 Å². The molecular weight excluding hydrogens is 518 g/mol. The van der Waals surface area contributed by atoms with E-state index in [1.165, 1.54) is 11.1 Å². The van der Waals surface area contributed by atoms with E-state index >= 15 is 0 Å². The molecule has 190 valence electrons. The van der Waals surface area contributed by atoms with Crippen molar-refractivity contribution in [2.75, 3.05) is 0 Å². The third-order valence-electron chi connectivity index (χ3n) is 6.32. The van der Waals surface area contributed by atoms with Crippen LogP contribution >= 0.6 is 15.9 Å². The highest BCUT2D eigenvalue weighted by Crippen LogP contribution is 2.35. The van der Waals surface area contributed by atoms with Gasteiger partial charge in [0.15, 0.2) is 0 Å². The molecule has 0 heterocycles. The van der Waals surface area contributed by atoms with Gasteiger partial charge >= 0.3 is 6.09 Å². The minimum atomic E-state index is -0.491. The van der Waals surface area contributed by atoms with Gasteiger partial charge in [0.2, 0.25) is 0 Å². The number of alkyl carbamates (subject to hydrolysis) is 1. The number of ether oxygens (including phenoxy) is 3. The quantitative estimate of drug-likeness (QED) is 0.323. The average Bonchev–Trinajstić information content (AvgIpc) is 2.79. The first-order valence-electron chi connectivity index (χ1n) is 12.3. The molecule has 0 atom stereocenters. The minimum Gasteiger partial charge on any atom is -0.490 e. The number of benzene rings is 3. The number of hydrogen-bond donors (Lipinski definition) is 1. The fraction of sp³-hybridized carbons (Fsp3) is 0.367. The number of hydrogen-bond acceptors (Lipinski definition) is 4. The van der Waals surface area contributed by atoms with Crippen molar-refractivity contribution < 1.29 is 19.0 Å². The van der Waals surface area contributed by atoms with Crippen LogP contribution in [-0.2, 0) is 10.2 Å². The molecule has 1 N–H and O–H groups in total. The van der Waals surface area contributed by atoms with E-state index in [0.29, 0.717) is 0 Å². The molecule has 0 spiro atoms. The second-order valence-electron chi connectivity index (χ2n) is 10.8. The molecule has 3 aromatic carbocycles. The molecular formula is C30H34BrNO4. The number of rotatable bonds is 7. The smallest absolute Gasteiger partial charge is 0.407 e. The summed E-state index contributed by atoms with van der Waals surface area (Å²) in [6, 6.07) is 24.4. The molecule has 1 amide bonds. The van der Waals surface area contributed by atoms with Gasteiger partial charge in [0.05, 0.1) is 0 Å². The summed E-state index contributed by atoms with van der Waals surface area (Å²) in [6.07, 6.45) is 1.29. The third kappa shape index (κ3) is 6.82. The Hall–Kier alpha value is -2.99. The van der Waals surface area contributed by atoms with E-state index < -0.39 is 5.60 Å². The van der Waals surface area contributed by atoms with Crippen LogP contribution in [0.25, 0.3) is 0 Å². The summed E-state index contributed by atoms with van der Waals surface area (Å²) in [6.45, 7) is 10.0. The Balaban J connectivity index is 1.30. The Morgan fingerprint density at radius 1 is 0.778 bits per heavy atom. The van der Waals surface area contributed by atoms with Crippen LogP contribution in [-0.4, -0.2) is 23.8 Å². The lowest BCUT2D eigenvalue weighted by molar-refractivity contribution is 0.0363. The van der Waals surface area contributed by atoms with Crippen molar-refractivity contribution in [1.29, 1.82) is 0 Å². The van der Waals surface area contributed by atoms with Gasteiger partial charge in [-0.05, 0) is 80.4 Å². The monoisotopic (exact) mass is 551 g/mol. The molecule has 3 aromatic rings. The third-order valence-corrected chi connectivity index (χ3v) is 6.85. The topological polar surface area (TPSA) is 56.8 Å². The molecule has 5 nitrogen and oxygen atoms in total. The Morgan fingerprint density at radius 2 is 1.25 bits per heavy atom. The Morgan fingerprint density at radius 3 is 1.75 bits per heavy atom. The summed E-state index contributed by atoms with van der Waals surface area (Å²) in [5.41, 5.74) is 1.74. The standard InChI is InChI=1S/C30H34BrNO4/c1-29(2,3)36-28(33)32-23-18-27(19-23)35-25-14-8-21(9-15-25)30(4,5)20-6-12-24(13-7-20)34-26-16-10-22(31)11-17-26/h6-17,23,27H,18-19H2,1-5H3,(H,32,33)/t23-,27-. The summed E-state index contributed by atoms with van der Waals surface area (Å²) in [7, 11) is 0. The first-order valence-corrected chi connectivity index (χ1v) is 13.1. The lowest BCUT2D eigenvalue weighted by Crippen LogP contribution is -2.50. The van der Waals surface area contributed by atoms with Gasteiger partial charge in [-0.25, -0.2) is 4.79 Å². The predicted molar refractivity (Wildman–Crippen MR) is 146 cm³/mol. The van der Waals surface area contributed by atoms with Gasteiger partial charge in [-0.2, -0.15) is 0 Å². The van der Waals surface area contributed by atoms with E-state index in [0.717, 1.165) is 34.6 Å². The molecule has 6 heteroatoms. The van der Waals surface area contributed by atoms with Crippen LogP contribution in [0.4, 0.5) is 4.79 Å². The van der Waals surface area contributed by atoms with Crippen LogP contribution in [0.15, 0.2) is 77.3 Å². The van der Waals surface area contributed by atoms with E-state index in [1.807, 2.05) is 69.3 Å². The van der Waals surface area contributed by atoms with E-state index in [1.54, 1.807) is 0 Å². The average molecular weight is 553 g/mol. The van der Waals surface area contributed by atoms with Crippen molar-refractivity contribution in [2.24, 2.45) is 0 Å². The molecule has 0 saturated heterocycles. The van der Waals surface area contributed by atoms with E-state index in [4.69, 9.17) is 14.2 Å². The molecule has 4 rings (SSSR count). The van der Waals surface area contributed by atoms with Crippen LogP contribution < -0.4 is 14.8 Å². The molecule has 36 heavy (non-hydrogen) atoms. The number of nitrogens with one attached hydrogen (secondary N) is 1. The van der Waals surface area contributed by atoms with Gasteiger partial charge in [-0.15, -0.1) is 0 Å². The van der Waals surface area contributed by atoms with Crippen molar-refractivity contribution in [2.45, 2.75) is 70.6 Å². The summed E-state index contributed by atoms with van der Waals surface area (Å²) in [5.74, 6) is 2.45. The van der Waals surface area contributed by atoms with E-state index in [-0.39, 0.29) is 23.7 Å². The van der Waals surface area contributed by atoms with Crippen LogP contribution in [0.3, 0.4) is 0 Å². The molecule has 1 aliphatic rings. The van der Waals surface area contributed by atoms with Crippen LogP contribution in [0, 0.1) is 0 Å². The highest BCUT2D eigenvalue weighted by atomic mass is 79.9. The fourth-order valence-electron chi connectivity index (χ4n) is 4.14. The summed E-state index contributed by atoms with van der Waals surface area (Å²) in [5, 5.41) is 2.90. The van der Waals surface area contributed by atoms with Crippen LogP contribution in [0.5, 0.6) is 17.2 Å². The maximum atomic E-state index is 11.9. The number of carbonyl (C=O) groups excluding carboxylic acids is 1. The van der Waals surface area contributed by atoms with Gasteiger partial charge in [0, 0.05) is 28.8 Å². The summed E-state index contributed by atoms with van der Waals surface area (Å²) < 4.78 is 18.4. The van der Waals surface area contributed by atoms with Gasteiger partial charge in [0.25, 0.3) is 0 Å². The SMILES string of the molecule is CC(C)(C)OC(=O)N[C@H]1C[C@H](Oc2ccc(C(C)(C)c3ccc(Oc4ccc(Br)cc4)cc3)cc2)C1. The van der Waals surface area contributed by atoms with Crippen LogP contribution in [0.1, 0.15) is 58.6 Å². The minimum absolute atomic E-state index is 0.0961. The zero-order valence-electron chi connectivity index (χ0n) is 21.5. The van der Waals surface area contributed by atoms with Crippen molar-refractivity contribution in [3.63, 3.8) is 0 Å². The van der Waals surface area contributed by atoms with Crippen molar-refractivity contribution in [1.82, 2.24) is 5.32 Å². The molecule has 0 aromatic heterocycles. The van der Waals surface area contributed by atoms with Gasteiger partial charge < -0.3 is 19.5 Å². The second kappa shape index (κ2) is 10.6. The molecule has 1 saturated carbocycles. The molecule has 0 radical (unpaired) electrons. The van der Waals surface area contributed by atoms with Crippen molar-refractivity contribution in [3.05, 3.63) is 88.4 Å². The highest BCUT2D eigenvalue weighted by molar-refractivity contribution is 9.10. The maximum Gasteiger partial charge on any atom is 0.407 e. The van der Waals surface area contributed by atoms with Gasteiger partial charge in [-0.1, -0.05) is 54.0 Å². The van der Waals surface area contributed by atoms with Gasteiger partial charge in [-0.3, -0.25) is 0 Å². The molecule has 0 unspecified atom stereocenters. The summed E-state index contributed by atoms with van der Waals surface area (Å²) >= 11 is 3.44. The lowest BCUT2D eigenvalue weighted by atomic mass is 9.78. The highest BCUT2D eigenvalue weighted by Gasteiger charge is 2.33.